The fraction of sp³-hybridized carbons (Fsp3) is 1.00. The molecule has 1 saturated carbocycles. The van der Waals surface area contributed by atoms with Gasteiger partial charge in [-0.1, -0.05) is 19.3 Å². The van der Waals surface area contributed by atoms with Crippen LogP contribution in [0.3, 0.4) is 0 Å². The molecule has 12 heavy (non-hydrogen) atoms. The Balaban J connectivity index is 1.86. The van der Waals surface area contributed by atoms with Crippen LogP contribution < -0.4 is 5.32 Å². The summed E-state index contributed by atoms with van der Waals surface area (Å²) in [4.78, 5) is 0. The third kappa shape index (κ3) is 3.55. The van der Waals surface area contributed by atoms with Gasteiger partial charge in [0.1, 0.15) is 0 Å². The Kier molecular flexibility index (Phi) is 4.62. The highest BCUT2D eigenvalue weighted by atomic mass is 16.5. The lowest BCUT2D eigenvalue weighted by Crippen LogP contribution is -2.32. The molecule has 72 valence electrons. The molecule has 1 fully saturated rings. The molecule has 1 N–H and O–H groups in total. The Labute approximate surface area is 75.7 Å². The molecule has 0 saturated heterocycles. The molecule has 0 radical (unpaired) electrons. The lowest BCUT2D eigenvalue weighted by atomic mass is 9.83. The standard InChI is InChI=1S/C10H21NO/c1-9(8-12-2)11-7-6-10-4-3-5-10/h9-11H,3-8H2,1-2H3. The topological polar surface area (TPSA) is 21.3 Å². The second-order valence-corrected chi connectivity index (χ2v) is 3.90. The molecule has 0 aliphatic heterocycles. The van der Waals surface area contributed by atoms with Gasteiger partial charge in [0.2, 0.25) is 0 Å². The second kappa shape index (κ2) is 5.55. The van der Waals surface area contributed by atoms with Crippen molar-refractivity contribution in [1.29, 1.82) is 0 Å². The maximum Gasteiger partial charge on any atom is 0.0613 e. The fourth-order valence-electron chi connectivity index (χ4n) is 1.62. The average molecular weight is 171 g/mol. The summed E-state index contributed by atoms with van der Waals surface area (Å²) < 4.78 is 5.04. The smallest absolute Gasteiger partial charge is 0.0613 e. The van der Waals surface area contributed by atoms with Crippen molar-refractivity contribution in [2.24, 2.45) is 5.92 Å². The zero-order chi connectivity index (χ0) is 8.81. The Morgan fingerprint density at radius 1 is 1.50 bits per heavy atom. The van der Waals surface area contributed by atoms with Gasteiger partial charge in [0.15, 0.2) is 0 Å². The number of methoxy groups -OCH3 is 1. The Bertz CT molecular complexity index is 112. The van der Waals surface area contributed by atoms with E-state index >= 15 is 0 Å². The molecule has 0 aromatic rings. The van der Waals surface area contributed by atoms with E-state index in [4.69, 9.17) is 4.74 Å². The van der Waals surface area contributed by atoms with E-state index in [0.29, 0.717) is 6.04 Å². The molecule has 0 aromatic heterocycles. The maximum atomic E-state index is 5.04. The van der Waals surface area contributed by atoms with Crippen molar-refractivity contribution < 1.29 is 4.74 Å². The van der Waals surface area contributed by atoms with Crippen molar-refractivity contribution in [3.8, 4) is 0 Å². The summed E-state index contributed by atoms with van der Waals surface area (Å²) in [6.45, 7) is 4.16. The molecule has 2 heteroatoms. The van der Waals surface area contributed by atoms with Gasteiger partial charge >= 0.3 is 0 Å². The van der Waals surface area contributed by atoms with E-state index in [9.17, 15) is 0 Å². The van der Waals surface area contributed by atoms with E-state index in [-0.39, 0.29) is 0 Å². The molecule has 0 bridgehead atoms. The highest BCUT2D eigenvalue weighted by Crippen LogP contribution is 2.28. The zero-order valence-electron chi connectivity index (χ0n) is 8.31. The Morgan fingerprint density at radius 2 is 2.25 bits per heavy atom. The van der Waals surface area contributed by atoms with Gasteiger partial charge in [-0.15, -0.1) is 0 Å². The molecular formula is C10H21NO. The van der Waals surface area contributed by atoms with Gasteiger partial charge in [-0.2, -0.15) is 0 Å². The highest BCUT2D eigenvalue weighted by Gasteiger charge is 2.16. The van der Waals surface area contributed by atoms with Crippen LogP contribution in [0.2, 0.25) is 0 Å². The summed E-state index contributed by atoms with van der Waals surface area (Å²) in [5.74, 6) is 1.02. The number of ether oxygens (including phenoxy) is 1. The molecule has 1 aliphatic carbocycles. The van der Waals surface area contributed by atoms with Crippen molar-refractivity contribution in [2.45, 2.75) is 38.6 Å². The predicted molar refractivity (Wildman–Crippen MR) is 51.3 cm³/mol. The first-order chi connectivity index (χ1) is 5.83. The fourth-order valence-corrected chi connectivity index (χ4v) is 1.62. The third-order valence-corrected chi connectivity index (χ3v) is 2.69. The molecule has 0 amide bonds. The van der Waals surface area contributed by atoms with Gasteiger partial charge in [0.05, 0.1) is 6.61 Å². The van der Waals surface area contributed by atoms with E-state index in [0.717, 1.165) is 19.1 Å². The lowest BCUT2D eigenvalue weighted by molar-refractivity contribution is 0.169. The minimum atomic E-state index is 0.509. The molecule has 1 aliphatic rings. The molecule has 0 aromatic carbocycles. The van der Waals surface area contributed by atoms with Crippen molar-refractivity contribution >= 4 is 0 Å². The molecule has 1 rings (SSSR count). The van der Waals surface area contributed by atoms with Gasteiger partial charge < -0.3 is 10.1 Å². The van der Waals surface area contributed by atoms with Crippen LogP contribution in [-0.2, 0) is 4.74 Å². The van der Waals surface area contributed by atoms with E-state index in [1.54, 1.807) is 7.11 Å². The van der Waals surface area contributed by atoms with Crippen LogP contribution in [0.1, 0.15) is 32.6 Å². The van der Waals surface area contributed by atoms with Crippen LogP contribution in [0.5, 0.6) is 0 Å². The average Bonchev–Trinajstić information content (AvgIpc) is 1.95. The summed E-state index contributed by atoms with van der Waals surface area (Å²) in [5, 5.41) is 3.46. The van der Waals surface area contributed by atoms with Crippen LogP contribution in [0.15, 0.2) is 0 Å². The van der Waals surface area contributed by atoms with E-state index in [2.05, 4.69) is 12.2 Å². The predicted octanol–water partition coefficient (Wildman–Crippen LogP) is 1.80. The first kappa shape index (κ1) is 10.0. The lowest BCUT2D eigenvalue weighted by Gasteiger charge is -2.25. The summed E-state index contributed by atoms with van der Waals surface area (Å²) in [5.41, 5.74) is 0. The molecule has 1 atom stereocenters. The van der Waals surface area contributed by atoms with Crippen molar-refractivity contribution in [1.82, 2.24) is 5.32 Å². The molecule has 0 heterocycles. The van der Waals surface area contributed by atoms with Crippen LogP contribution >= 0.6 is 0 Å². The quantitative estimate of drug-likeness (QED) is 0.658. The van der Waals surface area contributed by atoms with Crippen LogP contribution in [0.25, 0.3) is 0 Å². The molecule has 0 spiro atoms. The Hall–Kier alpha value is -0.0800. The van der Waals surface area contributed by atoms with Crippen LogP contribution in [0, 0.1) is 5.92 Å². The molecular weight excluding hydrogens is 150 g/mol. The number of hydrogen-bond donors (Lipinski definition) is 1. The minimum Gasteiger partial charge on any atom is -0.383 e. The second-order valence-electron chi connectivity index (χ2n) is 3.90. The van der Waals surface area contributed by atoms with Gasteiger partial charge in [-0.25, -0.2) is 0 Å². The van der Waals surface area contributed by atoms with Gasteiger partial charge in [0, 0.05) is 13.2 Å². The van der Waals surface area contributed by atoms with Crippen LogP contribution in [0.4, 0.5) is 0 Å². The number of nitrogens with one attached hydrogen (secondary N) is 1. The minimum absolute atomic E-state index is 0.509. The van der Waals surface area contributed by atoms with Gasteiger partial charge in [-0.3, -0.25) is 0 Å². The molecule has 2 nitrogen and oxygen atoms in total. The van der Waals surface area contributed by atoms with E-state index in [1.807, 2.05) is 0 Å². The van der Waals surface area contributed by atoms with Gasteiger partial charge in [0.25, 0.3) is 0 Å². The first-order valence-corrected chi connectivity index (χ1v) is 5.05. The third-order valence-electron chi connectivity index (χ3n) is 2.69. The normalized spacial score (nSPS) is 20.5. The first-order valence-electron chi connectivity index (χ1n) is 5.05. The van der Waals surface area contributed by atoms with Crippen molar-refractivity contribution in [3.63, 3.8) is 0 Å². The summed E-state index contributed by atoms with van der Waals surface area (Å²) in [6.07, 6.45) is 5.73. The van der Waals surface area contributed by atoms with Crippen LogP contribution in [-0.4, -0.2) is 26.3 Å². The number of hydrogen-bond acceptors (Lipinski definition) is 2. The highest BCUT2D eigenvalue weighted by molar-refractivity contribution is 4.71. The van der Waals surface area contributed by atoms with Crippen molar-refractivity contribution in [2.75, 3.05) is 20.3 Å². The number of rotatable bonds is 6. The SMILES string of the molecule is COCC(C)NCCC1CCC1. The Morgan fingerprint density at radius 3 is 2.75 bits per heavy atom. The van der Waals surface area contributed by atoms with Gasteiger partial charge in [-0.05, 0) is 25.8 Å². The summed E-state index contributed by atoms with van der Waals surface area (Å²) >= 11 is 0. The molecule has 1 unspecified atom stereocenters. The largest absolute Gasteiger partial charge is 0.383 e. The maximum absolute atomic E-state index is 5.04. The van der Waals surface area contributed by atoms with Crippen molar-refractivity contribution in [3.05, 3.63) is 0 Å². The summed E-state index contributed by atoms with van der Waals surface area (Å²) in [6, 6.07) is 0.509. The summed E-state index contributed by atoms with van der Waals surface area (Å²) in [7, 11) is 1.75. The van der Waals surface area contributed by atoms with E-state index in [1.165, 1.54) is 25.7 Å². The zero-order valence-corrected chi connectivity index (χ0v) is 8.31. The van der Waals surface area contributed by atoms with E-state index < -0.39 is 0 Å². The monoisotopic (exact) mass is 171 g/mol.